The fourth-order valence-electron chi connectivity index (χ4n) is 1.44. The van der Waals surface area contributed by atoms with E-state index in [0.29, 0.717) is 13.0 Å². The van der Waals surface area contributed by atoms with E-state index in [2.05, 4.69) is 5.32 Å². The van der Waals surface area contributed by atoms with Gasteiger partial charge >= 0.3 is 12.1 Å². The number of aliphatic carboxylic acids is 1. The first-order chi connectivity index (χ1) is 7.29. The van der Waals surface area contributed by atoms with Crippen molar-refractivity contribution in [1.29, 1.82) is 0 Å². The second-order valence-electron chi connectivity index (χ2n) is 4.67. The molecule has 1 amide bonds. The van der Waals surface area contributed by atoms with E-state index in [1.165, 1.54) is 0 Å². The summed E-state index contributed by atoms with van der Waals surface area (Å²) in [7, 11) is 0. The van der Waals surface area contributed by atoms with E-state index >= 15 is 0 Å². The van der Waals surface area contributed by atoms with Gasteiger partial charge in [-0.1, -0.05) is 0 Å². The van der Waals surface area contributed by atoms with Gasteiger partial charge in [0.15, 0.2) is 6.10 Å². The molecule has 1 aliphatic rings. The van der Waals surface area contributed by atoms with E-state index in [4.69, 9.17) is 14.6 Å². The fraction of sp³-hybridized carbons (Fsp3) is 0.800. The summed E-state index contributed by atoms with van der Waals surface area (Å²) in [5.74, 6) is -1.07. The molecule has 2 N–H and O–H groups in total. The Morgan fingerprint density at radius 1 is 1.44 bits per heavy atom. The van der Waals surface area contributed by atoms with Gasteiger partial charge in [-0.05, 0) is 27.2 Å². The Bertz CT molecular complexity index is 283. The van der Waals surface area contributed by atoms with E-state index in [0.717, 1.165) is 0 Å². The predicted molar refractivity (Wildman–Crippen MR) is 55.2 cm³/mol. The number of nitrogens with one attached hydrogen (secondary N) is 1. The minimum atomic E-state index is -1.07. The number of hydrogen-bond donors (Lipinski definition) is 2. The molecule has 1 aliphatic heterocycles. The molecular weight excluding hydrogens is 214 g/mol. The molecule has 0 aromatic rings. The van der Waals surface area contributed by atoms with Crippen molar-refractivity contribution in [2.45, 2.75) is 44.9 Å². The number of carbonyl (C=O) groups excluding carboxylic acids is 1. The number of carbonyl (C=O) groups is 2. The number of hydrogen-bond acceptors (Lipinski definition) is 4. The van der Waals surface area contributed by atoms with E-state index < -0.39 is 29.8 Å². The first kappa shape index (κ1) is 12.8. The lowest BCUT2D eigenvalue weighted by Crippen LogP contribution is -2.45. The van der Waals surface area contributed by atoms with Gasteiger partial charge in [0.1, 0.15) is 5.60 Å². The van der Waals surface area contributed by atoms with Crippen LogP contribution in [0.5, 0.6) is 0 Å². The van der Waals surface area contributed by atoms with E-state index in [1.54, 1.807) is 20.8 Å². The van der Waals surface area contributed by atoms with Gasteiger partial charge in [-0.15, -0.1) is 0 Å². The molecule has 16 heavy (non-hydrogen) atoms. The predicted octanol–water partition coefficient (Wildman–Crippen LogP) is 0.753. The summed E-state index contributed by atoms with van der Waals surface area (Å²) in [6, 6.07) is -0.521. The maximum absolute atomic E-state index is 11.4. The lowest BCUT2D eigenvalue weighted by atomic mass is 10.1. The summed E-state index contributed by atoms with van der Waals surface area (Å²) in [4.78, 5) is 22.2. The van der Waals surface area contributed by atoms with Gasteiger partial charge in [0.05, 0.1) is 6.04 Å². The van der Waals surface area contributed by atoms with Crippen molar-refractivity contribution in [3.8, 4) is 0 Å². The lowest BCUT2D eigenvalue weighted by molar-refractivity contribution is -0.148. The molecule has 6 nitrogen and oxygen atoms in total. The van der Waals surface area contributed by atoms with Crippen molar-refractivity contribution < 1.29 is 24.2 Å². The molecular formula is C10H17NO5. The van der Waals surface area contributed by atoms with Gasteiger partial charge in [0.25, 0.3) is 0 Å². The molecule has 1 fully saturated rings. The van der Waals surface area contributed by atoms with Gasteiger partial charge < -0.3 is 19.9 Å². The molecule has 0 aliphatic carbocycles. The van der Waals surface area contributed by atoms with Crippen LogP contribution in [0.3, 0.4) is 0 Å². The summed E-state index contributed by atoms with van der Waals surface area (Å²) < 4.78 is 10.0. The highest BCUT2D eigenvalue weighted by Crippen LogP contribution is 2.15. The smallest absolute Gasteiger partial charge is 0.407 e. The molecule has 1 rings (SSSR count). The minimum Gasteiger partial charge on any atom is -0.479 e. The molecule has 0 radical (unpaired) electrons. The average Bonchev–Trinajstić information content (AvgIpc) is 2.47. The quantitative estimate of drug-likeness (QED) is 0.732. The third-order valence-electron chi connectivity index (χ3n) is 2.04. The van der Waals surface area contributed by atoms with Crippen molar-refractivity contribution in [3.05, 3.63) is 0 Å². The normalized spacial score (nSPS) is 25.2. The Labute approximate surface area is 93.9 Å². The first-order valence-corrected chi connectivity index (χ1v) is 5.13. The van der Waals surface area contributed by atoms with Crippen LogP contribution in [0.4, 0.5) is 4.79 Å². The Hall–Kier alpha value is -1.30. The van der Waals surface area contributed by atoms with Crippen LogP contribution < -0.4 is 5.32 Å². The third kappa shape index (κ3) is 3.69. The molecule has 1 heterocycles. The summed E-state index contributed by atoms with van der Waals surface area (Å²) >= 11 is 0. The molecule has 0 saturated carbocycles. The first-order valence-electron chi connectivity index (χ1n) is 5.13. The Kier molecular flexibility index (Phi) is 3.74. The summed E-state index contributed by atoms with van der Waals surface area (Å²) in [6.45, 7) is 5.56. The minimum absolute atomic E-state index is 0.331. The fourth-order valence-corrected chi connectivity index (χ4v) is 1.44. The van der Waals surface area contributed by atoms with Crippen molar-refractivity contribution in [2.75, 3.05) is 6.61 Å². The lowest BCUT2D eigenvalue weighted by Gasteiger charge is -2.22. The topological polar surface area (TPSA) is 84.9 Å². The molecule has 92 valence electrons. The van der Waals surface area contributed by atoms with Crippen LogP contribution in [0, 0.1) is 0 Å². The molecule has 1 saturated heterocycles. The zero-order chi connectivity index (χ0) is 12.3. The molecule has 0 aromatic carbocycles. The van der Waals surface area contributed by atoms with Crippen LogP contribution in [0.2, 0.25) is 0 Å². The molecule has 0 spiro atoms. The Morgan fingerprint density at radius 3 is 2.56 bits per heavy atom. The van der Waals surface area contributed by atoms with Crippen molar-refractivity contribution in [1.82, 2.24) is 5.32 Å². The second kappa shape index (κ2) is 4.69. The van der Waals surface area contributed by atoms with Crippen LogP contribution in [0.25, 0.3) is 0 Å². The number of carboxylic acids is 1. The highest BCUT2D eigenvalue weighted by molar-refractivity contribution is 5.76. The number of amides is 1. The van der Waals surface area contributed by atoms with Crippen LogP contribution in [-0.2, 0) is 14.3 Å². The monoisotopic (exact) mass is 231 g/mol. The maximum Gasteiger partial charge on any atom is 0.407 e. The van der Waals surface area contributed by atoms with Gasteiger partial charge in [-0.25, -0.2) is 9.59 Å². The number of carboxylic acid groups (broad SMARTS) is 1. The average molecular weight is 231 g/mol. The van der Waals surface area contributed by atoms with Crippen LogP contribution >= 0.6 is 0 Å². The number of rotatable bonds is 2. The summed E-state index contributed by atoms with van der Waals surface area (Å²) in [5, 5.41) is 11.3. The standard InChI is InChI=1S/C10H17NO5/c1-10(2,3)16-9(14)11-6-4-5-15-7(6)8(12)13/h6-7H,4-5H2,1-3H3,(H,11,14)(H,12,13)/t6-,7-/m0/s1. The van der Waals surface area contributed by atoms with Crippen LogP contribution in [0.15, 0.2) is 0 Å². The molecule has 0 unspecified atom stereocenters. The zero-order valence-electron chi connectivity index (χ0n) is 9.65. The SMILES string of the molecule is CC(C)(C)OC(=O)N[C@H]1CCO[C@@H]1C(=O)O. The Balaban J connectivity index is 2.47. The summed E-state index contributed by atoms with van der Waals surface area (Å²) in [5.41, 5.74) is -0.595. The molecule has 0 aromatic heterocycles. The van der Waals surface area contributed by atoms with E-state index in [9.17, 15) is 9.59 Å². The number of ether oxygens (including phenoxy) is 2. The van der Waals surface area contributed by atoms with Crippen molar-refractivity contribution in [2.24, 2.45) is 0 Å². The van der Waals surface area contributed by atoms with Gasteiger partial charge in [-0.3, -0.25) is 0 Å². The highest BCUT2D eigenvalue weighted by atomic mass is 16.6. The Morgan fingerprint density at radius 2 is 2.06 bits per heavy atom. The largest absolute Gasteiger partial charge is 0.479 e. The molecule has 2 atom stereocenters. The second-order valence-corrected chi connectivity index (χ2v) is 4.67. The van der Waals surface area contributed by atoms with Gasteiger partial charge in [-0.2, -0.15) is 0 Å². The number of alkyl carbamates (subject to hydrolysis) is 1. The highest BCUT2D eigenvalue weighted by Gasteiger charge is 2.36. The van der Waals surface area contributed by atoms with E-state index in [1.807, 2.05) is 0 Å². The van der Waals surface area contributed by atoms with Crippen molar-refractivity contribution >= 4 is 12.1 Å². The zero-order valence-corrected chi connectivity index (χ0v) is 9.65. The van der Waals surface area contributed by atoms with Crippen molar-refractivity contribution in [3.63, 3.8) is 0 Å². The molecule has 6 heteroatoms. The molecule has 0 bridgehead atoms. The van der Waals surface area contributed by atoms with Crippen LogP contribution in [-0.4, -0.2) is 41.5 Å². The third-order valence-corrected chi connectivity index (χ3v) is 2.04. The maximum atomic E-state index is 11.4. The van der Waals surface area contributed by atoms with E-state index in [-0.39, 0.29) is 0 Å². The summed E-state index contributed by atoms with van der Waals surface area (Å²) in [6.07, 6.45) is -1.11. The van der Waals surface area contributed by atoms with Crippen LogP contribution in [0.1, 0.15) is 27.2 Å². The van der Waals surface area contributed by atoms with Gasteiger partial charge in [0, 0.05) is 6.61 Å². The van der Waals surface area contributed by atoms with Gasteiger partial charge in [0.2, 0.25) is 0 Å².